The number of rotatable bonds is 4. The molecule has 0 unspecified atom stereocenters. The van der Waals surface area contributed by atoms with E-state index in [9.17, 15) is 10.4 Å². The number of hydrogen-bond acceptors (Lipinski definition) is 6. The van der Waals surface area contributed by atoms with Gasteiger partial charge in [-0.3, -0.25) is 0 Å². The molecule has 134 valence electrons. The molecule has 0 bridgehead atoms. The van der Waals surface area contributed by atoms with Crippen LogP contribution in [0, 0.1) is 11.3 Å². The van der Waals surface area contributed by atoms with Gasteiger partial charge in [-0.25, -0.2) is 0 Å². The highest BCUT2D eigenvalue weighted by atomic mass is 79.9. The van der Waals surface area contributed by atoms with Gasteiger partial charge in [0.05, 0.1) is 19.6 Å². The van der Waals surface area contributed by atoms with Crippen molar-refractivity contribution in [2.24, 2.45) is 5.73 Å². The largest absolute Gasteiger partial charge is 0.508 e. The Morgan fingerprint density at radius 1 is 1.27 bits per heavy atom. The predicted octanol–water partition coefficient (Wildman–Crippen LogP) is 3.78. The highest BCUT2D eigenvalue weighted by Gasteiger charge is 2.33. The molecule has 0 spiro atoms. The first kappa shape index (κ1) is 18.0. The van der Waals surface area contributed by atoms with Crippen LogP contribution in [0.5, 0.6) is 23.0 Å². The molecule has 0 fully saturated rings. The molecule has 1 atom stereocenters. The molecule has 0 aliphatic carbocycles. The van der Waals surface area contributed by atoms with Crippen molar-refractivity contribution in [3.8, 4) is 29.1 Å². The summed E-state index contributed by atoms with van der Waals surface area (Å²) in [6.45, 7) is 2.35. The van der Waals surface area contributed by atoms with Gasteiger partial charge >= 0.3 is 0 Å². The number of halogens is 1. The number of hydrogen-bond donors (Lipinski definition) is 2. The average Bonchev–Trinajstić information content (AvgIpc) is 2.61. The summed E-state index contributed by atoms with van der Waals surface area (Å²) in [7, 11) is 1.56. The van der Waals surface area contributed by atoms with Crippen molar-refractivity contribution in [2.75, 3.05) is 13.7 Å². The van der Waals surface area contributed by atoms with Gasteiger partial charge in [-0.15, -0.1) is 0 Å². The third kappa shape index (κ3) is 3.04. The maximum absolute atomic E-state index is 9.74. The topological polar surface area (TPSA) is 97.7 Å². The molecule has 0 saturated heterocycles. The molecular weight excluding hydrogens is 400 g/mol. The number of phenolic OH excluding ortho intramolecular Hbond substituents is 1. The molecule has 0 radical (unpaired) electrons. The number of nitrogens with two attached hydrogens (primary N) is 1. The number of phenols is 1. The lowest BCUT2D eigenvalue weighted by Crippen LogP contribution is -2.21. The van der Waals surface area contributed by atoms with E-state index in [-0.39, 0.29) is 17.2 Å². The zero-order valence-corrected chi connectivity index (χ0v) is 15.8. The summed E-state index contributed by atoms with van der Waals surface area (Å²) in [5, 5.41) is 19.4. The molecule has 0 aromatic heterocycles. The summed E-state index contributed by atoms with van der Waals surface area (Å²) in [4.78, 5) is 0. The Hall–Kier alpha value is -2.85. The van der Waals surface area contributed by atoms with Crippen LogP contribution in [0.25, 0.3) is 0 Å². The highest BCUT2D eigenvalue weighted by molar-refractivity contribution is 9.10. The first-order valence-electron chi connectivity index (χ1n) is 7.90. The molecule has 1 aliphatic rings. The van der Waals surface area contributed by atoms with Gasteiger partial charge in [0, 0.05) is 16.1 Å². The molecule has 1 heterocycles. The van der Waals surface area contributed by atoms with Crippen LogP contribution in [-0.2, 0) is 0 Å². The number of ether oxygens (including phenoxy) is 3. The van der Waals surface area contributed by atoms with Gasteiger partial charge < -0.3 is 25.1 Å². The third-order valence-corrected chi connectivity index (χ3v) is 4.78. The Kier molecular flexibility index (Phi) is 4.96. The van der Waals surface area contributed by atoms with Crippen LogP contribution in [0.4, 0.5) is 0 Å². The maximum Gasteiger partial charge on any atom is 0.205 e. The van der Waals surface area contributed by atoms with Gasteiger partial charge in [-0.1, -0.05) is 22.0 Å². The molecule has 6 nitrogen and oxygen atoms in total. The zero-order chi connectivity index (χ0) is 18.8. The van der Waals surface area contributed by atoms with Crippen molar-refractivity contribution in [1.82, 2.24) is 0 Å². The second-order valence-electron chi connectivity index (χ2n) is 5.60. The number of benzene rings is 2. The van der Waals surface area contributed by atoms with Crippen LogP contribution >= 0.6 is 15.9 Å². The summed E-state index contributed by atoms with van der Waals surface area (Å²) in [6, 6.07) is 10.5. The van der Waals surface area contributed by atoms with Crippen molar-refractivity contribution < 1.29 is 19.3 Å². The summed E-state index contributed by atoms with van der Waals surface area (Å²) in [5.74, 6) is 1.15. The van der Waals surface area contributed by atoms with Gasteiger partial charge in [0.25, 0.3) is 0 Å². The first-order chi connectivity index (χ1) is 12.5. The molecule has 2 aromatic rings. The molecule has 0 amide bonds. The van der Waals surface area contributed by atoms with E-state index in [4.69, 9.17) is 19.9 Å². The number of allylic oxidation sites excluding steroid dienone is 1. The van der Waals surface area contributed by atoms with E-state index >= 15 is 0 Å². The molecule has 3 rings (SSSR count). The SMILES string of the molecule is CCOc1cc([C@H]2C(C#N)=C(N)Oc3cc(O)ccc32)c(Br)cc1OC. The van der Waals surface area contributed by atoms with Gasteiger partial charge in [0.2, 0.25) is 5.88 Å². The second-order valence-corrected chi connectivity index (χ2v) is 6.46. The van der Waals surface area contributed by atoms with E-state index in [0.717, 1.165) is 15.6 Å². The number of methoxy groups -OCH3 is 1. The smallest absolute Gasteiger partial charge is 0.205 e. The zero-order valence-electron chi connectivity index (χ0n) is 14.2. The summed E-state index contributed by atoms with van der Waals surface area (Å²) in [6.07, 6.45) is 0. The number of nitriles is 1. The van der Waals surface area contributed by atoms with Crippen LogP contribution in [0.15, 0.2) is 46.3 Å². The molecule has 3 N–H and O–H groups in total. The lowest BCUT2D eigenvalue weighted by molar-refractivity contribution is 0.310. The quantitative estimate of drug-likeness (QED) is 0.786. The van der Waals surface area contributed by atoms with Crippen molar-refractivity contribution in [2.45, 2.75) is 12.8 Å². The van der Waals surface area contributed by atoms with E-state index in [1.54, 1.807) is 25.3 Å². The Bertz CT molecular complexity index is 934. The predicted molar refractivity (Wildman–Crippen MR) is 99.3 cm³/mol. The normalized spacial score (nSPS) is 15.7. The fraction of sp³-hybridized carbons (Fsp3) is 0.211. The number of fused-ring (bicyclic) bond motifs is 1. The van der Waals surface area contributed by atoms with E-state index in [0.29, 0.717) is 23.9 Å². The lowest BCUT2D eigenvalue weighted by atomic mass is 9.83. The maximum atomic E-state index is 9.74. The van der Waals surface area contributed by atoms with Crippen molar-refractivity contribution >= 4 is 15.9 Å². The molecule has 7 heteroatoms. The first-order valence-corrected chi connectivity index (χ1v) is 8.70. The van der Waals surface area contributed by atoms with Crippen LogP contribution in [-0.4, -0.2) is 18.8 Å². The fourth-order valence-corrected chi connectivity index (χ4v) is 3.52. The van der Waals surface area contributed by atoms with Gasteiger partial charge in [-0.05, 0) is 30.7 Å². The van der Waals surface area contributed by atoms with Crippen LogP contribution in [0.1, 0.15) is 24.0 Å². The van der Waals surface area contributed by atoms with Crippen LogP contribution in [0.2, 0.25) is 0 Å². The number of aromatic hydroxyl groups is 1. The molecular formula is C19H17BrN2O4. The highest BCUT2D eigenvalue weighted by Crippen LogP contribution is 2.47. The second kappa shape index (κ2) is 7.18. The van der Waals surface area contributed by atoms with E-state index in [1.807, 2.05) is 13.0 Å². The lowest BCUT2D eigenvalue weighted by Gasteiger charge is -2.27. The molecule has 0 saturated carbocycles. The minimum atomic E-state index is -0.469. The van der Waals surface area contributed by atoms with Gasteiger partial charge in [0.15, 0.2) is 11.5 Å². The Morgan fingerprint density at radius 2 is 2.04 bits per heavy atom. The Morgan fingerprint density at radius 3 is 2.69 bits per heavy atom. The van der Waals surface area contributed by atoms with Gasteiger partial charge in [0.1, 0.15) is 23.1 Å². The third-order valence-electron chi connectivity index (χ3n) is 4.10. The average molecular weight is 417 g/mol. The summed E-state index contributed by atoms with van der Waals surface area (Å²) >= 11 is 3.55. The van der Waals surface area contributed by atoms with E-state index < -0.39 is 5.92 Å². The van der Waals surface area contributed by atoms with E-state index in [1.165, 1.54) is 6.07 Å². The monoisotopic (exact) mass is 416 g/mol. The fourth-order valence-electron chi connectivity index (χ4n) is 2.96. The molecule has 2 aromatic carbocycles. The molecule has 26 heavy (non-hydrogen) atoms. The van der Waals surface area contributed by atoms with Crippen LogP contribution in [0.3, 0.4) is 0 Å². The van der Waals surface area contributed by atoms with Crippen LogP contribution < -0.4 is 19.9 Å². The number of nitrogens with zero attached hydrogens (tertiary/aromatic N) is 1. The van der Waals surface area contributed by atoms with Crippen molar-refractivity contribution in [3.05, 3.63) is 57.4 Å². The Labute approximate surface area is 159 Å². The Balaban J connectivity index is 2.25. The standard InChI is InChI=1S/C19H17BrN2O4/c1-3-25-17-7-12(14(20)8-16(17)24-2)18-11-5-4-10(23)6-15(11)26-19(22)13(18)9-21/h4-8,18,23H,3,22H2,1-2H3/t18-/m0/s1. The van der Waals surface area contributed by atoms with Crippen molar-refractivity contribution in [1.29, 1.82) is 5.26 Å². The summed E-state index contributed by atoms with van der Waals surface area (Å²) in [5.41, 5.74) is 7.76. The minimum Gasteiger partial charge on any atom is -0.508 e. The summed E-state index contributed by atoms with van der Waals surface area (Å²) < 4.78 is 17.3. The van der Waals surface area contributed by atoms with Crippen molar-refractivity contribution in [3.63, 3.8) is 0 Å². The van der Waals surface area contributed by atoms with Gasteiger partial charge in [-0.2, -0.15) is 5.26 Å². The minimum absolute atomic E-state index is 0.0104. The van der Waals surface area contributed by atoms with E-state index in [2.05, 4.69) is 22.0 Å². The molecule has 1 aliphatic heterocycles.